The third-order valence-electron chi connectivity index (χ3n) is 6.06. The summed E-state index contributed by atoms with van der Waals surface area (Å²) in [6.07, 6.45) is -5.73. The molecule has 0 aromatic heterocycles. The van der Waals surface area contributed by atoms with Gasteiger partial charge in [0.15, 0.2) is 0 Å². The summed E-state index contributed by atoms with van der Waals surface area (Å²) in [5, 5.41) is 19.0. The van der Waals surface area contributed by atoms with Gasteiger partial charge in [0.25, 0.3) is 0 Å². The third kappa shape index (κ3) is 6.67. The van der Waals surface area contributed by atoms with Crippen molar-refractivity contribution < 1.29 is 26.3 Å². The molecule has 0 bridgehead atoms. The SMILES string of the molecule is N#C/C(=C\c1ccc(-c2ccc(/C=C(\C#N)c3ccc(C(F)(F)F)cc3)cc2)cc1)c1ccc(C(F)(F)F)cc1. The van der Waals surface area contributed by atoms with Gasteiger partial charge in [-0.3, -0.25) is 0 Å². The van der Waals surface area contributed by atoms with Gasteiger partial charge in [0.1, 0.15) is 0 Å². The van der Waals surface area contributed by atoms with Crippen molar-refractivity contribution in [3.8, 4) is 23.3 Å². The minimum atomic E-state index is -4.45. The van der Waals surface area contributed by atoms with Crippen molar-refractivity contribution in [2.75, 3.05) is 0 Å². The molecule has 0 saturated carbocycles. The zero-order valence-electron chi connectivity index (χ0n) is 20.6. The molecule has 0 radical (unpaired) electrons. The van der Waals surface area contributed by atoms with Gasteiger partial charge >= 0.3 is 12.4 Å². The van der Waals surface area contributed by atoms with Crippen LogP contribution in [0.4, 0.5) is 26.3 Å². The molecule has 2 nitrogen and oxygen atoms in total. The first kappa shape index (κ1) is 27.9. The van der Waals surface area contributed by atoms with E-state index in [9.17, 15) is 36.9 Å². The van der Waals surface area contributed by atoms with Crippen molar-refractivity contribution >= 4 is 23.3 Å². The molecule has 0 aliphatic rings. The second-order valence-corrected chi connectivity index (χ2v) is 8.73. The summed E-state index contributed by atoms with van der Waals surface area (Å²) in [6.45, 7) is 0. The van der Waals surface area contributed by atoms with Crippen molar-refractivity contribution in [3.05, 3.63) is 130 Å². The molecule has 0 N–H and O–H groups in total. The minimum absolute atomic E-state index is 0.221. The van der Waals surface area contributed by atoms with E-state index < -0.39 is 23.5 Å². The fraction of sp³-hybridized carbons (Fsp3) is 0.0625. The van der Waals surface area contributed by atoms with Gasteiger partial charge in [-0.25, -0.2) is 0 Å². The standard InChI is InChI=1S/C32H18F6N2/c33-31(34,35)29-13-9-25(10-14-29)27(19-39)17-21-1-5-23(6-2-21)24-7-3-22(4-8-24)18-28(20-40)26-11-15-30(16-12-26)32(36,37)38/h1-18H/b27-17+,28-18+. The molecule has 0 unspecified atom stereocenters. The van der Waals surface area contributed by atoms with Crippen LogP contribution in [0.5, 0.6) is 0 Å². The number of nitrogens with zero attached hydrogens (tertiary/aromatic N) is 2. The van der Waals surface area contributed by atoms with E-state index in [1.807, 2.05) is 36.4 Å². The van der Waals surface area contributed by atoms with Crippen LogP contribution in [0.2, 0.25) is 0 Å². The highest BCUT2D eigenvalue weighted by molar-refractivity contribution is 5.91. The van der Waals surface area contributed by atoms with E-state index in [0.717, 1.165) is 35.4 Å². The Morgan fingerprint density at radius 1 is 0.475 bits per heavy atom. The maximum atomic E-state index is 12.8. The van der Waals surface area contributed by atoms with E-state index in [1.54, 1.807) is 36.4 Å². The van der Waals surface area contributed by atoms with Crippen LogP contribution in [0, 0.1) is 22.7 Å². The molecule has 40 heavy (non-hydrogen) atoms. The van der Waals surface area contributed by atoms with Gasteiger partial charge in [0, 0.05) is 0 Å². The second-order valence-electron chi connectivity index (χ2n) is 8.73. The Bertz CT molecular complexity index is 1500. The molecule has 4 rings (SSSR count). The molecular weight excluding hydrogens is 526 g/mol. The summed E-state index contributed by atoms with van der Waals surface area (Å²) >= 11 is 0. The normalized spacial score (nSPS) is 12.5. The van der Waals surface area contributed by atoms with Gasteiger partial charge in [-0.05, 0) is 69.8 Å². The number of rotatable bonds is 5. The molecule has 0 aliphatic carbocycles. The highest BCUT2D eigenvalue weighted by Crippen LogP contribution is 2.32. The van der Waals surface area contributed by atoms with Gasteiger partial charge in [0.2, 0.25) is 0 Å². The Hall–Kier alpha value is -5.08. The van der Waals surface area contributed by atoms with E-state index in [2.05, 4.69) is 0 Å². The number of halogens is 6. The molecule has 0 saturated heterocycles. The van der Waals surface area contributed by atoms with Crippen molar-refractivity contribution in [1.82, 2.24) is 0 Å². The summed E-state index contributed by atoms with van der Waals surface area (Å²) in [6, 6.07) is 27.3. The van der Waals surface area contributed by atoms with Gasteiger partial charge < -0.3 is 0 Å². The quantitative estimate of drug-likeness (QED) is 0.143. The number of allylic oxidation sites excluding steroid dienone is 2. The van der Waals surface area contributed by atoms with E-state index in [1.165, 1.54) is 24.3 Å². The summed E-state index contributed by atoms with van der Waals surface area (Å²) in [4.78, 5) is 0. The molecule has 4 aromatic carbocycles. The molecule has 0 heterocycles. The Kier molecular flexibility index (Phi) is 7.93. The van der Waals surface area contributed by atoms with Gasteiger partial charge in [0.05, 0.1) is 34.4 Å². The van der Waals surface area contributed by atoms with Crippen molar-refractivity contribution in [1.29, 1.82) is 10.5 Å². The van der Waals surface area contributed by atoms with E-state index >= 15 is 0 Å². The first-order valence-electron chi connectivity index (χ1n) is 11.8. The lowest BCUT2D eigenvalue weighted by Crippen LogP contribution is -2.04. The van der Waals surface area contributed by atoms with Crippen LogP contribution < -0.4 is 0 Å². The first-order chi connectivity index (χ1) is 19.0. The summed E-state index contributed by atoms with van der Waals surface area (Å²) < 4.78 is 76.9. The van der Waals surface area contributed by atoms with E-state index in [4.69, 9.17) is 0 Å². The summed E-state index contributed by atoms with van der Waals surface area (Å²) in [5.41, 5.74) is 2.72. The van der Waals surface area contributed by atoms with Crippen molar-refractivity contribution in [3.63, 3.8) is 0 Å². The molecule has 0 fully saturated rings. The fourth-order valence-electron chi connectivity index (χ4n) is 3.91. The monoisotopic (exact) mass is 544 g/mol. The second kappa shape index (κ2) is 11.3. The van der Waals surface area contributed by atoms with Crippen LogP contribution in [0.3, 0.4) is 0 Å². The van der Waals surface area contributed by atoms with Gasteiger partial charge in [-0.1, -0.05) is 72.8 Å². The Labute approximate surface area is 226 Å². The molecule has 0 aliphatic heterocycles. The Morgan fingerprint density at radius 2 is 0.775 bits per heavy atom. The summed E-state index contributed by atoms with van der Waals surface area (Å²) in [5.74, 6) is 0. The zero-order chi connectivity index (χ0) is 28.9. The largest absolute Gasteiger partial charge is 0.416 e. The number of benzene rings is 4. The highest BCUT2D eigenvalue weighted by atomic mass is 19.4. The van der Waals surface area contributed by atoms with E-state index in [-0.39, 0.29) is 11.1 Å². The molecule has 0 atom stereocenters. The lowest BCUT2D eigenvalue weighted by molar-refractivity contribution is -0.138. The maximum Gasteiger partial charge on any atom is 0.416 e. The number of nitriles is 2. The highest BCUT2D eigenvalue weighted by Gasteiger charge is 2.30. The lowest BCUT2D eigenvalue weighted by atomic mass is 9.98. The molecule has 8 heteroatoms. The average molecular weight is 544 g/mol. The van der Waals surface area contributed by atoms with Crippen LogP contribution in [-0.2, 0) is 12.4 Å². The van der Waals surface area contributed by atoms with E-state index in [0.29, 0.717) is 22.3 Å². The maximum absolute atomic E-state index is 12.8. The fourth-order valence-corrected chi connectivity index (χ4v) is 3.91. The summed E-state index contributed by atoms with van der Waals surface area (Å²) in [7, 11) is 0. The molecule has 0 spiro atoms. The van der Waals surface area contributed by atoms with Gasteiger partial charge in [-0.15, -0.1) is 0 Å². The Morgan fingerprint density at radius 3 is 1.02 bits per heavy atom. The van der Waals surface area contributed by atoms with Crippen molar-refractivity contribution in [2.24, 2.45) is 0 Å². The van der Waals surface area contributed by atoms with Crippen LogP contribution in [0.15, 0.2) is 97.1 Å². The van der Waals surface area contributed by atoms with Crippen LogP contribution in [-0.4, -0.2) is 0 Å². The van der Waals surface area contributed by atoms with Crippen molar-refractivity contribution in [2.45, 2.75) is 12.4 Å². The lowest BCUT2D eigenvalue weighted by Gasteiger charge is -2.08. The van der Waals surface area contributed by atoms with Gasteiger partial charge in [-0.2, -0.15) is 36.9 Å². The topological polar surface area (TPSA) is 47.6 Å². The molecule has 4 aromatic rings. The minimum Gasteiger partial charge on any atom is -0.192 e. The third-order valence-corrected chi connectivity index (χ3v) is 6.06. The predicted octanol–water partition coefficient (Wildman–Crippen LogP) is 9.52. The molecule has 198 valence electrons. The van der Waals surface area contributed by atoms with Crippen LogP contribution >= 0.6 is 0 Å². The predicted molar refractivity (Wildman–Crippen MR) is 142 cm³/mol. The number of hydrogen-bond acceptors (Lipinski definition) is 2. The zero-order valence-corrected chi connectivity index (χ0v) is 20.6. The smallest absolute Gasteiger partial charge is 0.192 e. The van der Waals surface area contributed by atoms with Crippen LogP contribution in [0.25, 0.3) is 34.4 Å². The van der Waals surface area contributed by atoms with Crippen LogP contribution in [0.1, 0.15) is 33.4 Å². The Balaban J connectivity index is 1.50. The first-order valence-corrected chi connectivity index (χ1v) is 11.8. The average Bonchev–Trinajstić information content (AvgIpc) is 2.94. The molecule has 0 amide bonds. The number of alkyl halides is 6. The number of hydrogen-bond donors (Lipinski definition) is 0. The molecular formula is C32H18F6N2.